The Morgan fingerprint density at radius 1 is 1.16 bits per heavy atom. The quantitative estimate of drug-likeness (QED) is 0.707. The number of ether oxygens (including phenoxy) is 2. The van der Waals surface area contributed by atoms with Gasteiger partial charge in [-0.3, -0.25) is 4.68 Å². The molecule has 1 aromatic heterocycles. The Kier molecular flexibility index (Phi) is 7.04. The SMILES string of the molecule is COCCn1nc(C)c(NC(=O)N2Cc3cc(OC)ccc3C[C@H]2C2CCCCC2)c1C. The summed E-state index contributed by atoms with van der Waals surface area (Å²) in [5.41, 5.74) is 5.12. The summed E-state index contributed by atoms with van der Waals surface area (Å²) in [6.07, 6.45) is 7.14. The lowest BCUT2D eigenvalue weighted by atomic mass is 9.78. The highest BCUT2D eigenvalue weighted by atomic mass is 16.5. The summed E-state index contributed by atoms with van der Waals surface area (Å²) in [4.78, 5) is 15.7. The third-order valence-corrected chi connectivity index (χ3v) is 7.16. The lowest BCUT2D eigenvalue weighted by Gasteiger charge is -2.42. The number of nitrogens with zero attached hydrogens (tertiary/aromatic N) is 3. The number of benzene rings is 1. The van der Waals surface area contributed by atoms with Crippen molar-refractivity contribution < 1.29 is 14.3 Å². The fourth-order valence-electron chi connectivity index (χ4n) is 5.33. The molecule has 174 valence electrons. The van der Waals surface area contributed by atoms with Crippen LogP contribution < -0.4 is 10.1 Å². The smallest absolute Gasteiger partial charge is 0.322 e. The third-order valence-electron chi connectivity index (χ3n) is 7.16. The molecule has 0 spiro atoms. The molecule has 0 bridgehead atoms. The summed E-state index contributed by atoms with van der Waals surface area (Å²) in [6, 6.07) is 6.47. The van der Waals surface area contributed by atoms with Crippen molar-refractivity contribution in [3.63, 3.8) is 0 Å². The van der Waals surface area contributed by atoms with Gasteiger partial charge in [0.15, 0.2) is 0 Å². The molecule has 1 atom stereocenters. The monoisotopic (exact) mass is 440 g/mol. The Hall–Kier alpha value is -2.54. The van der Waals surface area contributed by atoms with Gasteiger partial charge in [-0.15, -0.1) is 0 Å². The standard InChI is InChI=1S/C25H36N4O3/c1-17-24(18(2)29(27-17)12-13-31-3)26-25(30)28-16-21-14-22(32-4)11-10-20(21)15-23(28)19-8-6-5-7-9-19/h10-11,14,19,23H,5-9,12-13,15-16H2,1-4H3,(H,26,30)/t23-/m0/s1. The van der Waals surface area contributed by atoms with Crippen LogP contribution in [-0.2, 0) is 24.2 Å². The molecule has 0 radical (unpaired) electrons. The second-order valence-electron chi connectivity index (χ2n) is 9.12. The number of amides is 2. The van der Waals surface area contributed by atoms with Gasteiger partial charge in [-0.1, -0.05) is 25.3 Å². The number of carbonyl (C=O) groups excluding carboxylic acids is 1. The average molecular weight is 441 g/mol. The van der Waals surface area contributed by atoms with Crippen molar-refractivity contribution in [1.82, 2.24) is 14.7 Å². The molecular formula is C25H36N4O3. The maximum atomic E-state index is 13.6. The molecule has 1 aliphatic heterocycles. The van der Waals surface area contributed by atoms with Crippen molar-refractivity contribution in [3.8, 4) is 5.75 Å². The number of hydrogen-bond acceptors (Lipinski definition) is 4. The first kappa shape index (κ1) is 22.6. The molecule has 1 saturated carbocycles. The fraction of sp³-hybridized carbons (Fsp3) is 0.600. The van der Waals surface area contributed by atoms with E-state index in [0.717, 1.165) is 29.2 Å². The van der Waals surface area contributed by atoms with E-state index in [9.17, 15) is 4.79 Å². The summed E-state index contributed by atoms with van der Waals surface area (Å²) in [6.45, 7) is 5.81. The Morgan fingerprint density at radius 2 is 1.94 bits per heavy atom. The van der Waals surface area contributed by atoms with Gasteiger partial charge in [0, 0.05) is 19.7 Å². The zero-order valence-corrected chi connectivity index (χ0v) is 19.8. The maximum Gasteiger partial charge on any atom is 0.322 e. The minimum absolute atomic E-state index is 0.0356. The highest BCUT2D eigenvalue weighted by molar-refractivity contribution is 5.91. The van der Waals surface area contributed by atoms with E-state index in [4.69, 9.17) is 9.47 Å². The number of methoxy groups -OCH3 is 2. The van der Waals surface area contributed by atoms with Gasteiger partial charge in [-0.2, -0.15) is 5.10 Å². The molecule has 2 heterocycles. The molecule has 2 aliphatic rings. The number of aryl methyl sites for hydroxylation is 1. The number of fused-ring (bicyclic) bond motifs is 1. The summed E-state index contributed by atoms with van der Waals surface area (Å²) in [5.74, 6) is 1.39. The molecule has 1 N–H and O–H groups in total. The Labute approximate surface area is 191 Å². The molecule has 4 rings (SSSR count). The fourth-order valence-corrected chi connectivity index (χ4v) is 5.33. The van der Waals surface area contributed by atoms with E-state index in [0.29, 0.717) is 25.6 Å². The highest BCUT2D eigenvalue weighted by Crippen LogP contribution is 2.36. The van der Waals surface area contributed by atoms with Gasteiger partial charge >= 0.3 is 6.03 Å². The van der Waals surface area contributed by atoms with E-state index < -0.39 is 0 Å². The van der Waals surface area contributed by atoms with Gasteiger partial charge in [0.2, 0.25) is 0 Å². The van der Waals surface area contributed by atoms with Gasteiger partial charge in [0.1, 0.15) is 5.75 Å². The van der Waals surface area contributed by atoms with Crippen LogP contribution in [0, 0.1) is 19.8 Å². The lowest BCUT2D eigenvalue weighted by Crippen LogP contribution is -2.50. The number of aromatic nitrogens is 2. The van der Waals surface area contributed by atoms with Gasteiger partial charge < -0.3 is 19.7 Å². The number of urea groups is 1. The van der Waals surface area contributed by atoms with Crippen molar-refractivity contribution in [2.24, 2.45) is 5.92 Å². The predicted octanol–water partition coefficient (Wildman–Crippen LogP) is 4.69. The van der Waals surface area contributed by atoms with Crippen molar-refractivity contribution in [2.45, 2.75) is 71.5 Å². The zero-order valence-electron chi connectivity index (χ0n) is 19.8. The van der Waals surface area contributed by atoms with Crippen LogP contribution in [-0.4, -0.2) is 47.6 Å². The number of hydrogen-bond donors (Lipinski definition) is 1. The van der Waals surface area contributed by atoms with E-state index in [2.05, 4.69) is 27.4 Å². The zero-order chi connectivity index (χ0) is 22.7. The average Bonchev–Trinajstić information content (AvgIpc) is 3.09. The summed E-state index contributed by atoms with van der Waals surface area (Å²) >= 11 is 0. The van der Waals surface area contributed by atoms with Crippen LogP contribution in [0.1, 0.15) is 54.6 Å². The van der Waals surface area contributed by atoms with Gasteiger partial charge in [0.25, 0.3) is 0 Å². The molecule has 0 unspecified atom stereocenters. The predicted molar refractivity (Wildman–Crippen MR) is 125 cm³/mol. The number of anilines is 1. The van der Waals surface area contributed by atoms with Gasteiger partial charge in [0.05, 0.1) is 37.3 Å². The molecule has 1 aliphatic carbocycles. The van der Waals surface area contributed by atoms with Gasteiger partial charge in [-0.25, -0.2) is 4.79 Å². The third kappa shape index (κ3) is 4.63. The molecule has 7 heteroatoms. The molecule has 1 fully saturated rings. The molecule has 0 saturated heterocycles. The first-order valence-electron chi connectivity index (χ1n) is 11.8. The second-order valence-corrected chi connectivity index (χ2v) is 9.12. The van der Waals surface area contributed by atoms with E-state index in [1.54, 1.807) is 14.2 Å². The van der Waals surface area contributed by atoms with Crippen molar-refractivity contribution >= 4 is 11.7 Å². The topological polar surface area (TPSA) is 68.6 Å². The molecule has 2 aromatic rings. The Bertz CT molecular complexity index is 949. The van der Waals surface area contributed by atoms with E-state index in [1.807, 2.05) is 24.6 Å². The van der Waals surface area contributed by atoms with E-state index in [-0.39, 0.29) is 12.1 Å². The van der Waals surface area contributed by atoms with Crippen molar-refractivity contribution in [1.29, 1.82) is 0 Å². The normalized spacial score (nSPS) is 19.0. The van der Waals surface area contributed by atoms with Crippen LogP contribution >= 0.6 is 0 Å². The summed E-state index contributed by atoms with van der Waals surface area (Å²) in [7, 11) is 3.37. The second kappa shape index (κ2) is 9.94. The van der Waals surface area contributed by atoms with Gasteiger partial charge in [-0.05, 0) is 62.3 Å². The Morgan fingerprint density at radius 3 is 2.66 bits per heavy atom. The molecule has 32 heavy (non-hydrogen) atoms. The first-order chi connectivity index (χ1) is 15.5. The van der Waals surface area contributed by atoms with Crippen molar-refractivity contribution in [2.75, 3.05) is 26.1 Å². The molecule has 7 nitrogen and oxygen atoms in total. The van der Waals surface area contributed by atoms with Crippen molar-refractivity contribution in [3.05, 3.63) is 40.7 Å². The van der Waals surface area contributed by atoms with Crippen LogP contribution in [0.25, 0.3) is 0 Å². The summed E-state index contributed by atoms with van der Waals surface area (Å²) in [5, 5.41) is 7.81. The molecule has 1 aromatic carbocycles. The molecule has 2 amide bonds. The summed E-state index contributed by atoms with van der Waals surface area (Å²) < 4.78 is 12.5. The minimum Gasteiger partial charge on any atom is -0.497 e. The highest BCUT2D eigenvalue weighted by Gasteiger charge is 2.36. The molecular weight excluding hydrogens is 404 g/mol. The Balaban J connectivity index is 1.59. The maximum absolute atomic E-state index is 13.6. The number of rotatable bonds is 6. The number of carbonyl (C=O) groups is 1. The largest absolute Gasteiger partial charge is 0.497 e. The van der Waals surface area contributed by atoms with E-state index in [1.165, 1.54) is 43.2 Å². The van der Waals surface area contributed by atoms with E-state index >= 15 is 0 Å². The van der Waals surface area contributed by atoms with Crippen LogP contribution in [0.5, 0.6) is 5.75 Å². The number of nitrogens with one attached hydrogen (secondary N) is 1. The lowest BCUT2D eigenvalue weighted by molar-refractivity contribution is 0.125. The van der Waals surface area contributed by atoms with Crippen LogP contribution in [0.4, 0.5) is 10.5 Å². The van der Waals surface area contributed by atoms with Crippen LogP contribution in [0.2, 0.25) is 0 Å². The minimum atomic E-state index is -0.0356. The van der Waals surface area contributed by atoms with Crippen LogP contribution in [0.15, 0.2) is 18.2 Å². The van der Waals surface area contributed by atoms with Crippen LogP contribution in [0.3, 0.4) is 0 Å². The first-order valence-corrected chi connectivity index (χ1v) is 11.8.